The first kappa shape index (κ1) is 9.73. The average Bonchev–Trinajstić information content (AvgIpc) is 2.71. The molecule has 0 saturated heterocycles. The van der Waals surface area contributed by atoms with Crippen LogP contribution in [-0.4, -0.2) is 16.1 Å². The fourth-order valence-corrected chi connectivity index (χ4v) is 1.34. The van der Waals surface area contributed by atoms with Crippen molar-refractivity contribution < 1.29 is 14.3 Å². The number of nitrogens with zero attached hydrogens (tertiary/aromatic N) is 1. The van der Waals surface area contributed by atoms with Crippen LogP contribution in [0.15, 0.2) is 34.9 Å². The lowest BCUT2D eigenvalue weighted by molar-refractivity contribution is 0.0691. The average molecular weight is 224 g/mol. The highest BCUT2D eigenvalue weighted by molar-refractivity contribution is 6.33. The zero-order valence-electron chi connectivity index (χ0n) is 7.48. The van der Waals surface area contributed by atoms with Crippen molar-refractivity contribution in [3.63, 3.8) is 0 Å². The zero-order valence-corrected chi connectivity index (χ0v) is 8.23. The number of hydrogen-bond acceptors (Lipinski definition) is 3. The number of halogens is 1. The third-order valence-electron chi connectivity index (χ3n) is 1.82. The molecule has 76 valence electrons. The molecule has 0 aromatic carbocycles. The van der Waals surface area contributed by atoms with Crippen molar-refractivity contribution in [1.29, 1.82) is 0 Å². The molecule has 0 aliphatic heterocycles. The first-order chi connectivity index (χ1) is 7.18. The van der Waals surface area contributed by atoms with Gasteiger partial charge < -0.3 is 9.52 Å². The monoisotopic (exact) mass is 223 g/mol. The lowest BCUT2D eigenvalue weighted by Crippen LogP contribution is -2.01. The van der Waals surface area contributed by atoms with Crippen molar-refractivity contribution in [2.45, 2.75) is 0 Å². The third kappa shape index (κ3) is 1.85. The quantitative estimate of drug-likeness (QED) is 0.850. The topological polar surface area (TPSA) is 63.3 Å². The lowest BCUT2D eigenvalue weighted by Gasteiger charge is -2.00. The van der Waals surface area contributed by atoms with Crippen molar-refractivity contribution in [1.82, 2.24) is 4.98 Å². The standard InChI is InChI=1S/C10H6ClNO3/c11-6-3-4-7(8-2-1-5-15-8)12-9(6)10(13)14/h1-5H,(H,13,14). The molecule has 15 heavy (non-hydrogen) atoms. The maximum Gasteiger partial charge on any atom is 0.356 e. The Morgan fingerprint density at radius 2 is 2.20 bits per heavy atom. The van der Waals surface area contributed by atoms with E-state index in [2.05, 4.69) is 4.98 Å². The van der Waals surface area contributed by atoms with Gasteiger partial charge >= 0.3 is 5.97 Å². The highest BCUT2D eigenvalue weighted by Crippen LogP contribution is 2.21. The van der Waals surface area contributed by atoms with E-state index in [1.807, 2.05) is 0 Å². The van der Waals surface area contributed by atoms with Crippen molar-refractivity contribution in [2.75, 3.05) is 0 Å². The minimum absolute atomic E-state index is 0.109. The van der Waals surface area contributed by atoms with Gasteiger partial charge in [-0.05, 0) is 24.3 Å². The number of aromatic carboxylic acids is 1. The maximum atomic E-state index is 10.8. The Hall–Kier alpha value is -1.81. The highest BCUT2D eigenvalue weighted by atomic mass is 35.5. The van der Waals surface area contributed by atoms with Crippen LogP contribution in [0.25, 0.3) is 11.5 Å². The lowest BCUT2D eigenvalue weighted by atomic mass is 10.2. The molecule has 0 fully saturated rings. The van der Waals surface area contributed by atoms with Gasteiger partial charge in [0.05, 0.1) is 11.3 Å². The summed E-state index contributed by atoms with van der Waals surface area (Å²) >= 11 is 5.68. The second kappa shape index (κ2) is 3.74. The van der Waals surface area contributed by atoms with Gasteiger partial charge in [-0.25, -0.2) is 9.78 Å². The molecule has 0 radical (unpaired) electrons. The van der Waals surface area contributed by atoms with Crippen LogP contribution in [-0.2, 0) is 0 Å². The maximum absolute atomic E-state index is 10.8. The summed E-state index contributed by atoms with van der Waals surface area (Å²) < 4.78 is 5.10. The summed E-state index contributed by atoms with van der Waals surface area (Å²) in [6, 6.07) is 6.48. The Balaban J connectivity index is 2.52. The van der Waals surface area contributed by atoms with Gasteiger partial charge in [-0.15, -0.1) is 0 Å². The predicted molar refractivity (Wildman–Crippen MR) is 53.9 cm³/mol. The van der Waals surface area contributed by atoms with E-state index in [4.69, 9.17) is 21.1 Å². The fourth-order valence-electron chi connectivity index (χ4n) is 1.15. The number of furan rings is 1. The molecule has 0 aliphatic carbocycles. The number of aromatic nitrogens is 1. The number of rotatable bonds is 2. The molecule has 4 nitrogen and oxygen atoms in total. The highest BCUT2D eigenvalue weighted by Gasteiger charge is 2.13. The van der Waals surface area contributed by atoms with E-state index >= 15 is 0 Å². The van der Waals surface area contributed by atoms with E-state index in [9.17, 15) is 4.79 Å². The van der Waals surface area contributed by atoms with Crippen LogP contribution < -0.4 is 0 Å². The Kier molecular flexibility index (Phi) is 2.43. The van der Waals surface area contributed by atoms with Gasteiger partial charge in [-0.2, -0.15) is 0 Å². The molecule has 0 saturated carbocycles. The molecule has 0 amide bonds. The van der Waals surface area contributed by atoms with Crippen molar-refractivity contribution in [3.8, 4) is 11.5 Å². The number of carboxylic acid groups (broad SMARTS) is 1. The first-order valence-electron chi connectivity index (χ1n) is 4.12. The first-order valence-corrected chi connectivity index (χ1v) is 4.50. The van der Waals surface area contributed by atoms with Crippen LogP contribution in [0.5, 0.6) is 0 Å². The summed E-state index contributed by atoms with van der Waals surface area (Å²) in [7, 11) is 0. The second-order valence-corrected chi connectivity index (χ2v) is 3.22. The smallest absolute Gasteiger partial charge is 0.356 e. The molecule has 0 spiro atoms. The van der Waals surface area contributed by atoms with Crippen LogP contribution in [0.2, 0.25) is 5.02 Å². The fraction of sp³-hybridized carbons (Fsp3) is 0. The second-order valence-electron chi connectivity index (χ2n) is 2.81. The number of pyridine rings is 1. The van der Waals surface area contributed by atoms with Crippen LogP contribution in [0.3, 0.4) is 0 Å². The molecule has 2 aromatic heterocycles. The third-order valence-corrected chi connectivity index (χ3v) is 2.13. The molecular weight excluding hydrogens is 218 g/mol. The molecule has 0 bridgehead atoms. The van der Waals surface area contributed by atoms with Gasteiger partial charge in [0.15, 0.2) is 11.5 Å². The van der Waals surface area contributed by atoms with E-state index in [0.717, 1.165) is 0 Å². The Labute approximate surface area is 90.1 Å². The minimum atomic E-state index is -1.16. The van der Waals surface area contributed by atoms with Gasteiger partial charge in [0, 0.05) is 0 Å². The Morgan fingerprint density at radius 3 is 2.80 bits per heavy atom. The van der Waals surface area contributed by atoms with Crippen LogP contribution in [0, 0.1) is 0 Å². The number of carboxylic acids is 1. The van der Waals surface area contributed by atoms with Gasteiger partial charge in [0.25, 0.3) is 0 Å². The minimum Gasteiger partial charge on any atom is -0.476 e. The molecule has 0 atom stereocenters. The van der Waals surface area contributed by atoms with Crippen LogP contribution in [0.4, 0.5) is 0 Å². The van der Waals surface area contributed by atoms with Gasteiger partial charge in [-0.3, -0.25) is 0 Å². The largest absolute Gasteiger partial charge is 0.476 e. The van der Waals surface area contributed by atoms with E-state index in [1.165, 1.54) is 12.3 Å². The summed E-state index contributed by atoms with van der Waals surface area (Å²) in [5.41, 5.74) is 0.271. The molecular formula is C10H6ClNO3. The molecule has 1 N–H and O–H groups in total. The molecule has 2 heterocycles. The van der Waals surface area contributed by atoms with Crippen molar-refractivity contribution in [3.05, 3.63) is 41.2 Å². The van der Waals surface area contributed by atoms with Gasteiger partial charge in [0.1, 0.15) is 5.69 Å². The molecule has 0 unspecified atom stereocenters. The van der Waals surface area contributed by atoms with E-state index < -0.39 is 5.97 Å². The zero-order chi connectivity index (χ0) is 10.8. The van der Waals surface area contributed by atoms with Crippen molar-refractivity contribution in [2.24, 2.45) is 0 Å². The number of carbonyl (C=O) groups is 1. The normalized spacial score (nSPS) is 10.2. The van der Waals surface area contributed by atoms with Crippen LogP contribution >= 0.6 is 11.6 Å². The summed E-state index contributed by atoms with van der Waals surface area (Å²) in [6.07, 6.45) is 1.49. The Bertz CT molecular complexity index is 493. The molecule has 5 heteroatoms. The summed E-state index contributed by atoms with van der Waals surface area (Å²) in [5.74, 6) is -0.650. The summed E-state index contributed by atoms with van der Waals surface area (Å²) in [6.45, 7) is 0. The van der Waals surface area contributed by atoms with Crippen molar-refractivity contribution >= 4 is 17.6 Å². The summed E-state index contributed by atoms with van der Waals surface area (Å²) in [5, 5.41) is 8.92. The predicted octanol–water partition coefficient (Wildman–Crippen LogP) is 2.69. The van der Waals surface area contributed by atoms with Gasteiger partial charge in [-0.1, -0.05) is 11.6 Å². The molecule has 2 aromatic rings. The van der Waals surface area contributed by atoms with Crippen LogP contribution in [0.1, 0.15) is 10.5 Å². The number of hydrogen-bond donors (Lipinski definition) is 1. The van der Waals surface area contributed by atoms with Gasteiger partial charge in [0.2, 0.25) is 0 Å². The summed E-state index contributed by atoms with van der Waals surface area (Å²) in [4.78, 5) is 14.7. The SMILES string of the molecule is O=C(O)c1nc(-c2ccco2)ccc1Cl. The van der Waals surface area contributed by atoms with E-state index in [-0.39, 0.29) is 10.7 Å². The van der Waals surface area contributed by atoms with E-state index in [0.29, 0.717) is 11.5 Å². The Morgan fingerprint density at radius 1 is 1.40 bits per heavy atom. The molecule has 0 aliphatic rings. The van der Waals surface area contributed by atoms with E-state index in [1.54, 1.807) is 18.2 Å². The molecule has 2 rings (SSSR count).